The molecule has 0 spiro atoms. The monoisotopic (exact) mass is 290 g/mol. The Balaban J connectivity index is 2.01. The SMILES string of the molecule is Nc1ccc(/C=C/C(=O)Nc2ccc(F)c(Cl)c2)cc1. The fourth-order valence-corrected chi connectivity index (χ4v) is 1.72. The molecule has 0 saturated heterocycles. The Hall–Kier alpha value is -2.33. The third-order valence-electron chi connectivity index (χ3n) is 2.55. The van der Waals surface area contributed by atoms with E-state index < -0.39 is 5.82 Å². The van der Waals surface area contributed by atoms with Gasteiger partial charge in [-0.15, -0.1) is 0 Å². The van der Waals surface area contributed by atoms with Crippen molar-refractivity contribution in [1.82, 2.24) is 0 Å². The van der Waals surface area contributed by atoms with Crippen molar-refractivity contribution in [3.05, 3.63) is 64.9 Å². The summed E-state index contributed by atoms with van der Waals surface area (Å²) >= 11 is 5.63. The van der Waals surface area contributed by atoms with E-state index in [9.17, 15) is 9.18 Å². The van der Waals surface area contributed by atoms with Gasteiger partial charge >= 0.3 is 0 Å². The Bertz CT molecular complexity index is 653. The van der Waals surface area contributed by atoms with Gasteiger partial charge in [-0.25, -0.2) is 4.39 Å². The van der Waals surface area contributed by atoms with Crippen LogP contribution in [0.3, 0.4) is 0 Å². The van der Waals surface area contributed by atoms with Crippen LogP contribution in [0.1, 0.15) is 5.56 Å². The second kappa shape index (κ2) is 6.21. The lowest BCUT2D eigenvalue weighted by molar-refractivity contribution is -0.111. The van der Waals surface area contributed by atoms with E-state index in [1.54, 1.807) is 30.3 Å². The van der Waals surface area contributed by atoms with Gasteiger partial charge in [0.05, 0.1) is 5.02 Å². The van der Waals surface area contributed by atoms with E-state index in [1.807, 2.05) is 0 Å². The molecule has 0 atom stereocenters. The van der Waals surface area contributed by atoms with Crippen molar-refractivity contribution in [1.29, 1.82) is 0 Å². The highest BCUT2D eigenvalue weighted by Gasteiger charge is 2.02. The van der Waals surface area contributed by atoms with E-state index in [4.69, 9.17) is 17.3 Å². The van der Waals surface area contributed by atoms with Crippen LogP contribution in [0, 0.1) is 5.82 Å². The molecule has 3 nitrogen and oxygen atoms in total. The highest BCUT2D eigenvalue weighted by atomic mass is 35.5. The molecule has 0 aliphatic carbocycles. The van der Waals surface area contributed by atoms with Crippen molar-refractivity contribution in [2.45, 2.75) is 0 Å². The number of hydrogen-bond donors (Lipinski definition) is 2. The molecule has 2 aromatic rings. The van der Waals surface area contributed by atoms with Gasteiger partial charge in [0, 0.05) is 17.5 Å². The van der Waals surface area contributed by atoms with Crippen LogP contribution in [0.15, 0.2) is 48.5 Å². The molecule has 0 aliphatic heterocycles. The van der Waals surface area contributed by atoms with Gasteiger partial charge in [-0.1, -0.05) is 23.7 Å². The number of nitrogens with two attached hydrogens (primary N) is 1. The Morgan fingerprint density at radius 1 is 1.20 bits per heavy atom. The van der Waals surface area contributed by atoms with Gasteiger partial charge < -0.3 is 11.1 Å². The van der Waals surface area contributed by atoms with Gasteiger partial charge in [0.2, 0.25) is 5.91 Å². The van der Waals surface area contributed by atoms with Crippen LogP contribution < -0.4 is 11.1 Å². The number of rotatable bonds is 3. The minimum absolute atomic E-state index is 0.0367. The van der Waals surface area contributed by atoms with E-state index in [-0.39, 0.29) is 10.9 Å². The minimum atomic E-state index is -0.526. The number of nitrogens with one attached hydrogen (secondary N) is 1. The molecule has 0 saturated carbocycles. The fourth-order valence-electron chi connectivity index (χ4n) is 1.54. The maximum absolute atomic E-state index is 13.0. The molecule has 0 bridgehead atoms. The molecule has 0 aliphatic rings. The third kappa shape index (κ3) is 3.83. The molecule has 2 rings (SSSR count). The molecule has 1 amide bonds. The number of amides is 1. The van der Waals surface area contributed by atoms with E-state index in [1.165, 1.54) is 24.3 Å². The number of carbonyl (C=O) groups is 1. The molecule has 102 valence electrons. The number of anilines is 2. The molecular formula is C15H12ClFN2O. The first kappa shape index (κ1) is 14.1. The number of halogens is 2. The summed E-state index contributed by atoms with van der Waals surface area (Å²) in [5, 5.41) is 2.55. The van der Waals surface area contributed by atoms with E-state index in [0.717, 1.165) is 5.56 Å². The van der Waals surface area contributed by atoms with Gasteiger partial charge in [-0.05, 0) is 42.0 Å². The lowest BCUT2D eigenvalue weighted by Crippen LogP contribution is -2.07. The summed E-state index contributed by atoms with van der Waals surface area (Å²) in [6.07, 6.45) is 3.03. The molecule has 0 heterocycles. The lowest BCUT2D eigenvalue weighted by atomic mass is 10.2. The second-order valence-corrected chi connectivity index (χ2v) is 4.53. The van der Waals surface area contributed by atoms with E-state index in [0.29, 0.717) is 11.4 Å². The average molecular weight is 291 g/mol. The number of benzene rings is 2. The second-order valence-electron chi connectivity index (χ2n) is 4.12. The van der Waals surface area contributed by atoms with Crippen molar-refractivity contribution in [2.75, 3.05) is 11.1 Å². The minimum Gasteiger partial charge on any atom is -0.399 e. The molecule has 5 heteroatoms. The number of hydrogen-bond acceptors (Lipinski definition) is 2. The summed E-state index contributed by atoms with van der Waals surface area (Å²) in [5.41, 5.74) is 7.51. The Morgan fingerprint density at radius 3 is 2.55 bits per heavy atom. The predicted octanol–water partition coefficient (Wildman–Crippen LogP) is 3.71. The maximum Gasteiger partial charge on any atom is 0.248 e. The topological polar surface area (TPSA) is 55.1 Å². The summed E-state index contributed by atoms with van der Waals surface area (Å²) in [5.74, 6) is -0.855. The molecule has 0 radical (unpaired) electrons. The molecular weight excluding hydrogens is 279 g/mol. The third-order valence-corrected chi connectivity index (χ3v) is 2.84. The van der Waals surface area contributed by atoms with Gasteiger partial charge in [0.1, 0.15) is 5.82 Å². The Labute approximate surface area is 120 Å². The largest absolute Gasteiger partial charge is 0.399 e. The molecule has 2 aromatic carbocycles. The standard InChI is InChI=1S/C15H12ClFN2O/c16-13-9-12(6-7-14(13)17)19-15(20)8-3-10-1-4-11(18)5-2-10/h1-9H,18H2,(H,19,20)/b8-3+. The van der Waals surface area contributed by atoms with Crippen LogP contribution in [-0.4, -0.2) is 5.91 Å². The summed E-state index contributed by atoms with van der Waals surface area (Å²) < 4.78 is 13.0. The van der Waals surface area contributed by atoms with E-state index >= 15 is 0 Å². The Morgan fingerprint density at radius 2 is 1.90 bits per heavy atom. The Kier molecular flexibility index (Phi) is 4.38. The van der Waals surface area contributed by atoms with Crippen molar-refractivity contribution >= 4 is 35.0 Å². The molecule has 3 N–H and O–H groups in total. The van der Waals surface area contributed by atoms with Crippen molar-refractivity contribution < 1.29 is 9.18 Å². The first-order valence-corrected chi connectivity index (χ1v) is 6.22. The zero-order valence-electron chi connectivity index (χ0n) is 10.4. The van der Waals surface area contributed by atoms with Crippen molar-refractivity contribution in [3.63, 3.8) is 0 Å². The molecule has 0 fully saturated rings. The highest BCUT2D eigenvalue weighted by Crippen LogP contribution is 2.19. The average Bonchev–Trinajstić information content (AvgIpc) is 2.42. The molecule has 0 unspecified atom stereocenters. The first-order chi connectivity index (χ1) is 9.54. The quantitative estimate of drug-likeness (QED) is 0.669. The lowest BCUT2D eigenvalue weighted by Gasteiger charge is -2.03. The van der Waals surface area contributed by atoms with Gasteiger partial charge in [-0.2, -0.15) is 0 Å². The summed E-state index contributed by atoms with van der Waals surface area (Å²) in [7, 11) is 0. The van der Waals surface area contributed by atoms with Gasteiger partial charge in [0.25, 0.3) is 0 Å². The summed E-state index contributed by atoms with van der Waals surface area (Å²) in [6, 6.07) is 11.1. The van der Waals surface area contributed by atoms with Gasteiger partial charge in [0.15, 0.2) is 0 Å². The normalized spacial score (nSPS) is 10.7. The van der Waals surface area contributed by atoms with Crippen molar-refractivity contribution in [3.8, 4) is 0 Å². The smallest absolute Gasteiger partial charge is 0.248 e. The van der Waals surface area contributed by atoms with Crippen LogP contribution in [0.25, 0.3) is 6.08 Å². The first-order valence-electron chi connectivity index (χ1n) is 5.84. The number of nitrogen functional groups attached to an aromatic ring is 1. The van der Waals surface area contributed by atoms with Crippen molar-refractivity contribution in [2.24, 2.45) is 0 Å². The van der Waals surface area contributed by atoms with Crippen LogP contribution in [0.4, 0.5) is 15.8 Å². The highest BCUT2D eigenvalue weighted by molar-refractivity contribution is 6.31. The maximum atomic E-state index is 13.0. The summed E-state index contributed by atoms with van der Waals surface area (Å²) in [4.78, 5) is 11.7. The van der Waals surface area contributed by atoms with Gasteiger partial charge in [-0.3, -0.25) is 4.79 Å². The zero-order valence-corrected chi connectivity index (χ0v) is 11.2. The number of carbonyl (C=O) groups excluding carboxylic acids is 1. The van der Waals surface area contributed by atoms with Crippen LogP contribution >= 0.6 is 11.6 Å². The van der Waals surface area contributed by atoms with Crippen LogP contribution in [0.2, 0.25) is 5.02 Å². The molecule has 0 aromatic heterocycles. The molecule has 20 heavy (non-hydrogen) atoms. The van der Waals surface area contributed by atoms with E-state index in [2.05, 4.69) is 5.32 Å². The van der Waals surface area contributed by atoms with Crippen LogP contribution in [0.5, 0.6) is 0 Å². The fraction of sp³-hybridized carbons (Fsp3) is 0. The zero-order chi connectivity index (χ0) is 14.5. The summed E-state index contributed by atoms with van der Waals surface area (Å²) in [6.45, 7) is 0. The predicted molar refractivity (Wildman–Crippen MR) is 79.9 cm³/mol. The van der Waals surface area contributed by atoms with Crippen LogP contribution in [-0.2, 0) is 4.79 Å².